The second kappa shape index (κ2) is 22.2. The molecule has 1 aliphatic carbocycles. The molecule has 5 aromatic carbocycles. The lowest BCUT2D eigenvalue weighted by Gasteiger charge is -2.36. The number of alkyl halides is 3. The minimum Gasteiger partial charge on any atom is -0.448 e. The number of benzene rings is 5. The minimum absolute atomic E-state index is 0.00902. The third-order valence-corrected chi connectivity index (χ3v) is 13.3. The maximum atomic E-state index is 15.3. The van der Waals surface area contributed by atoms with Gasteiger partial charge in [-0.1, -0.05) is 97.1 Å². The number of carbonyl (C=O) groups is 4. The molecule has 1 fully saturated rings. The Kier molecular flexibility index (Phi) is 15.2. The van der Waals surface area contributed by atoms with Crippen LogP contribution in [-0.2, 0) is 31.9 Å². The van der Waals surface area contributed by atoms with Crippen LogP contribution in [0.4, 0.5) is 22.4 Å². The molecule has 74 heavy (non-hydrogen) atoms. The maximum absolute atomic E-state index is 15.3. The number of amides is 4. The van der Waals surface area contributed by atoms with E-state index >= 15 is 4.39 Å². The van der Waals surface area contributed by atoms with Crippen molar-refractivity contribution in [1.29, 1.82) is 0 Å². The number of allylic oxidation sites excluding steroid dienone is 1. The molecule has 9 rings (SSSR count). The summed E-state index contributed by atoms with van der Waals surface area (Å²) in [6, 6.07) is 33.1. The van der Waals surface area contributed by atoms with Crippen LogP contribution in [0.1, 0.15) is 49.8 Å². The van der Waals surface area contributed by atoms with Gasteiger partial charge in [0.2, 0.25) is 5.91 Å². The van der Waals surface area contributed by atoms with E-state index in [-0.39, 0.29) is 113 Å². The first-order chi connectivity index (χ1) is 35.7. The number of hydrogen-bond acceptors (Lipinski definition) is 10. The van der Waals surface area contributed by atoms with E-state index in [1.165, 1.54) is 45.0 Å². The summed E-state index contributed by atoms with van der Waals surface area (Å²) in [5, 5.41) is 13.5. The number of fused-ring (bicyclic) bond motifs is 4. The smallest absolute Gasteiger partial charge is 0.410 e. The van der Waals surface area contributed by atoms with E-state index in [9.17, 15) is 37.1 Å². The van der Waals surface area contributed by atoms with Crippen molar-refractivity contribution in [3.05, 3.63) is 188 Å². The lowest BCUT2D eigenvalue weighted by atomic mass is 9.98. The van der Waals surface area contributed by atoms with E-state index in [0.29, 0.717) is 33.2 Å². The Balaban J connectivity index is 0.803. The summed E-state index contributed by atoms with van der Waals surface area (Å²) >= 11 is 0. The van der Waals surface area contributed by atoms with Crippen molar-refractivity contribution in [3.63, 3.8) is 0 Å². The molecule has 0 radical (unpaired) electrons. The lowest BCUT2D eigenvalue weighted by Crippen LogP contribution is -2.53. The first-order valence-corrected chi connectivity index (χ1v) is 24.1. The zero-order valence-corrected chi connectivity index (χ0v) is 40.1. The number of rotatable bonds is 16. The Bertz CT molecular complexity index is 3190. The predicted octanol–water partition coefficient (Wildman–Crippen LogP) is 6.28. The van der Waals surface area contributed by atoms with Gasteiger partial charge in [-0.2, -0.15) is 18.3 Å². The number of nitrogens with zero attached hydrogens (tertiary/aromatic N) is 4. The number of H-pyrrole nitrogens is 1. The van der Waals surface area contributed by atoms with Crippen LogP contribution in [0.3, 0.4) is 0 Å². The van der Waals surface area contributed by atoms with E-state index in [0.717, 1.165) is 22.3 Å². The number of hydrogen-bond donors (Lipinski definition) is 4. The highest BCUT2D eigenvalue weighted by Crippen LogP contribution is 2.44. The number of carbonyl (C=O) groups excluding carboxylic acids is 4. The van der Waals surface area contributed by atoms with Gasteiger partial charge in [-0.15, -0.1) is 0 Å². The molecule has 0 unspecified atom stereocenters. The van der Waals surface area contributed by atoms with E-state index in [1.54, 1.807) is 42.5 Å². The highest BCUT2D eigenvalue weighted by atomic mass is 19.4. The fraction of sp³-hybridized carbons (Fsp3) is 0.273. The van der Waals surface area contributed by atoms with Gasteiger partial charge in [-0.05, 0) is 68.8 Å². The predicted molar refractivity (Wildman–Crippen MR) is 268 cm³/mol. The molecule has 5 N–H and O–H groups in total. The second-order valence-electron chi connectivity index (χ2n) is 18.1. The number of ether oxygens (including phenoxy) is 2. The van der Waals surface area contributed by atoms with Gasteiger partial charge in [0.15, 0.2) is 0 Å². The SMILES string of the molecule is NC1=C(C(=O)NCCOCCN(CC(=O)N2CCN(C(=O)c3cc(Cc4n[nH]c(=O)c5ccccc45)ccc3F)CC2)C(=O)OCC2c3ccccc3-c3ccccc32)NCC(c2cccc(CC(F)(F)F)c2)=C1. The van der Waals surface area contributed by atoms with Crippen LogP contribution in [0.5, 0.6) is 0 Å². The van der Waals surface area contributed by atoms with Crippen LogP contribution >= 0.6 is 0 Å². The molecule has 2 aliphatic heterocycles. The van der Waals surface area contributed by atoms with Gasteiger partial charge in [-0.25, -0.2) is 14.3 Å². The monoisotopic (exact) mass is 1010 g/mol. The molecule has 19 heteroatoms. The van der Waals surface area contributed by atoms with E-state index < -0.39 is 42.2 Å². The third kappa shape index (κ3) is 11.6. The van der Waals surface area contributed by atoms with E-state index in [1.807, 2.05) is 48.5 Å². The van der Waals surface area contributed by atoms with Crippen LogP contribution in [0.2, 0.25) is 0 Å². The number of nitrogens with one attached hydrogen (secondary N) is 3. The van der Waals surface area contributed by atoms with Gasteiger partial charge in [0.05, 0.1) is 42.0 Å². The Labute approximate surface area is 422 Å². The summed E-state index contributed by atoms with van der Waals surface area (Å²) < 4.78 is 66.0. The standard InChI is InChI=1S/C55H52F4N8O7/c56-46-17-16-34(28-48-42-14-5-6-15-43(42)51(69)64-63-48)27-44(46)53(71)66-21-19-65(20-22-66)49(68)32-67(54(72)74-33-45-40-12-3-1-10-38(40)39-11-2-4-13-41(39)45)23-25-73-24-18-61-52(70)50-47(60)29-37(31-62-50)36-9-7-8-35(26-36)30-55(57,58)59/h1-17,26-27,29,45,62H,18-25,28,30-33,60H2,(H,61,70)(H,64,69). The van der Waals surface area contributed by atoms with Crippen LogP contribution < -0.4 is 21.9 Å². The number of aromatic amines is 1. The largest absolute Gasteiger partial charge is 0.448 e. The number of halogens is 4. The number of piperazine rings is 1. The molecular weight excluding hydrogens is 961 g/mol. The summed E-state index contributed by atoms with van der Waals surface area (Å²) in [6.45, 7) is 0.251. The van der Waals surface area contributed by atoms with Gasteiger partial charge in [0, 0.05) is 63.5 Å². The van der Waals surface area contributed by atoms with Gasteiger partial charge in [-0.3, -0.25) is 24.1 Å². The Morgan fingerprint density at radius 2 is 1.50 bits per heavy atom. The first kappa shape index (κ1) is 50.6. The zero-order valence-electron chi connectivity index (χ0n) is 40.1. The molecule has 3 heterocycles. The summed E-state index contributed by atoms with van der Waals surface area (Å²) in [6.07, 6.45) is -4.39. The van der Waals surface area contributed by atoms with Crippen molar-refractivity contribution in [3.8, 4) is 11.1 Å². The molecule has 0 spiro atoms. The molecule has 0 bridgehead atoms. The summed E-state index contributed by atoms with van der Waals surface area (Å²) in [4.78, 5) is 71.3. The molecule has 382 valence electrons. The molecule has 4 amide bonds. The first-order valence-electron chi connectivity index (χ1n) is 24.1. The van der Waals surface area contributed by atoms with E-state index in [2.05, 4.69) is 20.8 Å². The Morgan fingerprint density at radius 3 is 2.22 bits per heavy atom. The van der Waals surface area contributed by atoms with Gasteiger partial charge >= 0.3 is 12.3 Å². The second-order valence-corrected chi connectivity index (χ2v) is 18.1. The normalized spacial score (nSPS) is 14.5. The van der Waals surface area contributed by atoms with Gasteiger partial charge in [0.1, 0.15) is 24.7 Å². The third-order valence-electron chi connectivity index (χ3n) is 13.3. The number of aromatic nitrogens is 2. The summed E-state index contributed by atoms with van der Waals surface area (Å²) in [5.74, 6) is -2.40. The number of dihydropyridines is 1. The molecule has 1 aromatic heterocycles. The van der Waals surface area contributed by atoms with Crippen molar-refractivity contribution in [2.45, 2.75) is 24.9 Å². The molecule has 0 saturated carbocycles. The number of nitrogens with two attached hydrogens (primary N) is 1. The highest BCUT2D eigenvalue weighted by molar-refractivity contribution is 5.96. The lowest BCUT2D eigenvalue weighted by molar-refractivity contribution is -0.133. The molecule has 15 nitrogen and oxygen atoms in total. The fourth-order valence-electron chi connectivity index (χ4n) is 9.57. The van der Waals surface area contributed by atoms with Crippen molar-refractivity contribution in [2.24, 2.45) is 5.73 Å². The molecule has 1 saturated heterocycles. The fourth-order valence-corrected chi connectivity index (χ4v) is 9.57. The average molecular weight is 1010 g/mol. The molecule has 3 aliphatic rings. The van der Waals surface area contributed by atoms with E-state index in [4.69, 9.17) is 15.2 Å². The topological polar surface area (TPSA) is 192 Å². The quantitative estimate of drug-likeness (QED) is 0.0634. The van der Waals surface area contributed by atoms with Gasteiger partial charge in [0.25, 0.3) is 17.4 Å². The minimum atomic E-state index is -4.36. The van der Waals surface area contributed by atoms with Gasteiger partial charge < -0.3 is 35.6 Å². The highest BCUT2D eigenvalue weighted by Gasteiger charge is 2.33. The molecular formula is C55H52F4N8O7. The van der Waals surface area contributed by atoms with Crippen molar-refractivity contribution >= 4 is 40.2 Å². The Morgan fingerprint density at radius 1 is 0.811 bits per heavy atom. The van der Waals surface area contributed by atoms with Crippen LogP contribution in [0, 0.1) is 5.82 Å². The van der Waals surface area contributed by atoms with Crippen LogP contribution in [0.25, 0.3) is 27.5 Å². The van der Waals surface area contributed by atoms with Crippen LogP contribution in [0.15, 0.2) is 138 Å². The average Bonchev–Trinajstić information content (AvgIpc) is 3.72. The maximum Gasteiger partial charge on any atom is 0.410 e. The van der Waals surface area contributed by atoms with Crippen molar-refractivity contribution in [1.82, 2.24) is 35.5 Å². The van der Waals surface area contributed by atoms with Crippen LogP contribution in [-0.4, -0.2) is 127 Å². The Hall–Kier alpha value is -8.32. The molecule has 6 aromatic rings. The summed E-state index contributed by atoms with van der Waals surface area (Å²) in [5.41, 5.74) is 12.5. The van der Waals surface area contributed by atoms with Crippen molar-refractivity contribution < 1.29 is 46.2 Å². The zero-order chi connectivity index (χ0) is 51.9. The molecule has 0 atom stereocenters. The van der Waals surface area contributed by atoms with Crippen molar-refractivity contribution in [2.75, 3.05) is 72.2 Å². The summed E-state index contributed by atoms with van der Waals surface area (Å²) in [7, 11) is 0.